The number of carbonyl (C=O) groups is 2. The van der Waals surface area contributed by atoms with Crippen LogP contribution < -0.4 is 10.1 Å². The lowest BCUT2D eigenvalue weighted by molar-refractivity contribution is -0.117. The monoisotopic (exact) mass is 409 g/mol. The minimum absolute atomic E-state index is 0.0744. The summed E-state index contributed by atoms with van der Waals surface area (Å²) >= 11 is 0. The molecular formula is C25H31NO4. The predicted octanol–water partition coefficient (Wildman–Crippen LogP) is 4.90. The van der Waals surface area contributed by atoms with Gasteiger partial charge in [0, 0.05) is 23.2 Å². The van der Waals surface area contributed by atoms with Gasteiger partial charge in [-0.3, -0.25) is 9.59 Å². The van der Waals surface area contributed by atoms with E-state index in [0.717, 1.165) is 17.4 Å². The summed E-state index contributed by atoms with van der Waals surface area (Å²) in [5, 5.41) is 15.0. The normalized spacial score (nSPS) is 19.7. The fraction of sp³-hybridized carbons (Fsp3) is 0.440. The Morgan fingerprint density at radius 3 is 2.43 bits per heavy atom. The Balaban J connectivity index is 2.16. The Bertz CT molecular complexity index is 1020. The van der Waals surface area contributed by atoms with Crippen LogP contribution >= 0.6 is 0 Å². The van der Waals surface area contributed by atoms with Crippen molar-refractivity contribution in [1.82, 2.24) is 0 Å². The second-order valence-electron chi connectivity index (χ2n) is 9.90. The lowest BCUT2D eigenvalue weighted by Gasteiger charge is -2.36. The van der Waals surface area contributed by atoms with E-state index in [1.54, 1.807) is 30.3 Å². The molecule has 1 amide bonds. The molecule has 1 aliphatic rings. The number of ether oxygens (including phenoxy) is 1. The number of rotatable bonds is 4. The van der Waals surface area contributed by atoms with Crippen LogP contribution in [0, 0.1) is 19.3 Å². The smallest absolute Gasteiger partial charge is 0.224 e. The summed E-state index contributed by atoms with van der Waals surface area (Å²) in [6, 6.07) is 8.72. The van der Waals surface area contributed by atoms with Gasteiger partial charge in [0.2, 0.25) is 5.91 Å². The molecule has 2 aromatic carbocycles. The third kappa shape index (κ3) is 3.63. The molecule has 5 heteroatoms. The van der Waals surface area contributed by atoms with E-state index in [2.05, 4.69) is 5.32 Å². The molecule has 2 N–H and O–H groups in total. The van der Waals surface area contributed by atoms with Gasteiger partial charge in [-0.25, -0.2) is 0 Å². The van der Waals surface area contributed by atoms with E-state index in [4.69, 9.17) is 4.74 Å². The predicted molar refractivity (Wildman–Crippen MR) is 118 cm³/mol. The van der Waals surface area contributed by atoms with Gasteiger partial charge in [0.25, 0.3) is 0 Å². The molecule has 0 spiro atoms. The molecular weight excluding hydrogens is 378 g/mol. The molecule has 30 heavy (non-hydrogen) atoms. The van der Waals surface area contributed by atoms with Crippen LogP contribution in [0.5, 0.6) is 5.75 Å². The van der Waals surface area contributed by atoms with Gasteiger partial charge in [0.1, 0.15) is 17.6 Å². The van der Waals surface area contributed by atoms with Crippen LogP contribution in [0.15, 0.2) is 30.3 Å². The number of fused-ring (bicyclic) bond motifs is 1. The first kappa shape index (κ1) is 22.0. The highest BCUT2D eigenvalue weighted by Crippen LogP contribution is 2.54. The molecule has 5 nitrogen and oxygen atoms in total. The topological polar surface area (TPSA) is 75.6 Å². The highest BCUT2D eigenvalue weighted by atomic mass is 16.5. The number of amides is 1. The first-order valence-corrected chi connectivity index (χ1v) is 10.2. The summed E-state index contributed by atoms with van der Waals surface area (Å²) in [7, 11) is 0. The van der Waals surface area contributed by atoms with Crippen molar-refractivity contribution < 1.29 is 19.4 Å². The number of aliphatic hydroxyl groups is 1. The van der Waals surface area contributed by atoms with Crippen molar-refractivity contribution in [1.29, 1.82) is 0 Å². The lowest BCUT2D eigenvalue weighted by Crippen LogP contribution is -2.47. The number of anilines is 1. The Morgan fingerprint density at radius 2 is 1.83 bits per heavy atom. The molecule has 2 aromatic rings. The molecule has 3 rings (SSSR count). The summed E-state index contributed by atoms with van der Waals surface area (Å²) in [6.07, 6.45) is 1.14. The average molecular weight is 410 g/mol. The summed E-state index contributed by atoms with van der Waals surface area (Å²) < 4.78 is 6.24. The fourth-order valence-corrected chi connectivity index (χ4v) is 4.09. The van der Waals surface area contributed by atoms with Gasteiger partial charge in [-0.05, 0) is 61.9 Å². The van der Waals surface area contributed by atoms with Crippen molar-refractivity contribution in [3.8, 4) is 5.75 Å². The number of benzene rings is 2. The van der Waals surface area contributed by atoms with Crippen LogP contribution in [0.2, 0.25) is 0 Å². The maximum atomic E-state index is 12.6. The largest absolute Gasteiger partial charge is 0.483 e. The van der Waals surface area contributed by atoms with E-state index in [-0.39, 0.29) is 11.3 Å². The lowest BCUT2D eigenvalue weighted by atomic mass is 9.75. The quantitative estimate of drug-likeness (QED) is 0.705. The number of nitrogens with one attached hydrogen (secondary N) is 1. The zero-order valence-electron chi connectivity index (χ0n) is 18.8. The summed E-state index contributed by atoms with van der Waals surface area (Å²) in [5.74, 6) is 0.542. The Hall–Kier alpha value is -2.66. The summed E-state index contributed by atoms with van der Waals surface area (Å²) in [5.41, 5.74) is 1.48. The first-order chi connectivity index (χ1) is 13.8. The van der Waals surface area contributed by atoms with Crippen LogP contribution in [0.3, 0.4) is 0 Å². The molecule has 0 bridgehead atoms. The summed E-state index contributed by atoms with van der Waals surface area (Å²) in [6.45, 7) is 13.6. The zero-order chi connectivity index (χ0) is 22.5. The molecule has 0 radical (unpaired) electrons. The number of aldehydes is 1. The van der Waals surface area contributed by atoms with Crippen molar-refractivity contribution in [2.24, 2.45) is 5.41 Å². The van der Waals surface area contributed by atoms with Gasteiger partial charge < -0.3 is 15.2 Å². The van der Waals surface area contributed by atoms with E-state index < -0.39 is 11.2 Å². The Morgan fingerprint density at radius 1 is 1.17 bits per heavy atom. The van der Waals surface area contributed by atoms with Crippen LogP contribution in [-0.4, -0.2) is 22.9 Å². The van der Waals surface area contributed by atoms with Crippen LogP contribution in [-0.2, 0) is 10.4 Å². The first-order valence-electron chi connectivity index (χ1n) is 10.2. The molecule has 1 atom stereocenters. The van der Waals surface area contributed by atoms with E-state index in [9.17, 15) is 14.7 Å². The number of carbonyl (C=O) groups excluding carboxylic acids is 2. The number of hydrogen-bond donors (Lipinski definition) is 2. The number of hydrogen-bond acceptors (Lipinski definition) is 4. The summed E-state index contributed by atoms with van der Waals surface area (Å²) in [4.78, 5) is 23.9. The van der Waals surface area contributed by atoms with Crippen LogP contribution in [0.4, 0.5) is 5.69 Å². The molecule has 160 valence electrons. The fourth-order valence-electron chi connectivity index (χ4n) is 4.09. The van der Waals surface area contributed by atoms with Crippen molar-refractivity contribution in [3.05, 3.63) is 58.1 Å². The zero-order valence-corrected chi connectivity index (χ0v) is 18.8. The van der Waals surface area contributed by atoms with Crippen LogP contribution in [0.25, 0.3) is 0 Å². The second-order valence-corrected chi connectivity index (χ2v) is 9.90. The average Bonchev–Trinajstić information content (AvgIpc) is 2.85. The highest BCUT2D eigenvalue weighted by Gasteiger charge is 2.56. The molecule has 0 saturated heterocycles. The van der Waals surface area contributed by atoms with E-state index in [0.29, 0.717) is 34.5 Å². The Kier molecular flexibility index (Phi) is 5.32. The second kappa shape index (κ2) is 7.24. The van der Waals surface area contributed by atoms with Gasteiger partial charge in [-0.15, -0.1) is 0 Å². The third-order valence-electron chi connectivity index (χ3n) is 5.86. The standard InChI is InChI=1S/C25H31NO4/c1-15-16(2)22-19(12-20(15)26-21(28)13-23(3,4)5)25(29,24(6,7)30-22)18-10-8-9-17(11-18)14-27/h8-12,14,29H,13H2,1-7H3,(H,26,28). The van der Waals surface area contributed by atoms with Crippen molar-refractivity contribution in [3.63, 3.8) is 0 Å². The van der Waals surface area contributed by atoms with E-state index >= 15 is 0 Å². The molecule has 0 aromatic heterocycles. The molecule has 0 saturated carbocycles. The van der Waals surface area contributed by atoms with Crippen molar-refractivity contribution in [2.45, 2.75) is 66.1 Å². The third-order valence-corrected chi connectivity index (χ3v) is 5.86. The molecule has 0 aliphatic carbocycles. The minimum atomic E-state index is -1.48. The van der Waals surface area contributed by atoms with E-state index in [1.807, 2.05) is 48.5 Å². The van der Waals surface area contributed by atoms with Gasteiger partial charge in [-0.1, -0.05) is 39.0 Å². The van der Waals surface area contributed by atoms with Crippen molar-refractivity contribution in [2.75, 3.05) is 5.32 Å². The van der Waals surface area contributed by atoms with Gasteiger partial charge in [-0.2, -0.15) is 0 Å². The van der Waals surface area contributed by atoms with Gasteiger partial charge >= 0.3 is 0 Å². The SMILES string of the molecule is Cc1c(NC(=O)CC(C)(C)C)cc2c(c1C)OC(C)(C)C2(O)c1cccc(C=O)c1. The highest BCUT2D eigenvalue weighted by molar-refractivity contribution is 5.92. The van der Waals surface area contributed by atoms with Gasteiger partial charge in [0.15, 0.2) is 5.60 Å². The van der Waals surface area contributed by atoms with Crippen LogP contribution in [0.1, 0.15) is 73.7 Å². The molecule has 1 unspecified atom stereocenters. The minimum Gasteiger partial charge on any atom is -0.483 e. The molecule has 1 heterocycles. The van der Waals surface area contributed by atoms with Crippen molar-refractivity contribution >= 4 is 17.9 Å². The maximum Gasteiger partial charge on any atom is 0.224 e. The molecule has 0 fully saturated rings. The van der Waals surface area contributed by atoms with E-state index in [1.165, 1.54) is 0 Å². The Labute approximate surface area is 178 Å². The maximum absolute atomic E-state index is 12.6. The molecule has 1 aliphatic heterocycles. The van der Waals surface area contributed by atoms with Gasteiger partial charge in [0.05, 0.1) is 0 Å².